The Labute approximate surface area is 148 Å². The molecule has 130 valence electrons. The van der Waals surface area contributed by atoms with Crippen LogP contribution in [0.2, 0.25) is 0 Å². The molecule has 0 aliphatic carbocycles. The molecule has 0 saturated carbocycles. The Balaban J connectivity index is 3.32. The topological polar surface area (TPSA) is 87.9 Å². The number of phosphoric ester groups is 1. The van der Waals surface area contributed by atoms with Crippen molar-refractivity contribution in [2.75, 3.05) is 13.2 Å². The maximum Gasteiger partial charge on any atom is 0.475 e. The third kappa shape index (κ3) is 5.87. The van der Waals surface area contributed by atoms with E-state index in [0.29, 0.717) is 0 Å². The molecule has 7 nitrogen and oxygen atoms in total. The first-order chi connectivity index (χ1) is 10.6. The van der Waals surface area contributed by atoms with Gasteiger partial charge in [-0.05, 0) is 19.9 Å². The van der Waals surface area contributed by atoms with E-state index in [9.17, 15) is 14.7 Å². The lowest BCUT2D eigenvalue weighted by molar-refractivity contribution is -0.386. The highest BCUT2D eigenvalue weighted by Crippen LogP contribution is 2.58. The van der Waals surface area contributed by atoms with Crippen LogP contribution in [0.15, 0.2) is 24.3 Å². The van der Waals surface area contributed by atoms with Crippen molar-refractivity contribution in [2.45, 2.75) is 23.7 Å². The maximum absolute atomic E-state index is 12.5. The zero-order valence-corrected chi connectivity index (χ0v) is 15.4. The number of nitrogens with zero attached hydrogens (tertiary/aromatic N) is 1. The third-order valence-electron chi connectivity index (χ3n) is 2.52. The van der Waals surface area contributed by atoms with Gasteiger partial charge in [0.2, 0.25) is 3.79 Å². The van der Waals surface area contributed by atoms with E-state index in [0.717, 1.165) is 0 Å². The van der Waals surface area contributed by atoms with Crippen LogP contribution in [0.25, 0.3) is 0 Å². The quantitative estimate of drug-likeness (QED) is 0.255. The minimum Gasteiger partial charge on any atom is -0.287 e. The van der Waals surface area contributed by atoms with Crippen LogP contribution < -0.4 is 0 Å². The first-order valence-electron chi connectivity index (χ1n) is 6.52. The number of para-hydroxylation sites is 1. The second-order valence-electron chi connectivity index (χ2n) is 4.13. The van der Waals surface area contributed by atoms with Gasteiger partial charge in [0.1, 0.15) is 6.10 Å². The summed E-state index contributed by atoms with van der Waals surface area (Å²) in [5.74, 6) is 0. The summed E-state index contributed by atoms with van der Waals surface area (Å²) < 4.78 is 25.6. The molecule has 1 rings (SSSR count). The molecular formula is C12H15Cl3NO6P. The number of hydrogen-bond donors (Lipinski definition) is 0. The lowest BCUT2D eigenvalue weighted by Gasteiger charge is -2.28. The second kappa shape index (κ2) is 8.62. The molecule has 0 saturated heterocycles. The molecule has 1 atom stereocenters. The molecule has 11 heteroatoms. The van der Waals surface area contributed by atoms with Crippen molar-refractivity contribution in [1.29, 1.82) is 0 Å². The molecule has 0 heterocycles. The van der Waals surface area contributed by atoms with E-state index in [4.69, 9.17) is 48.4 Å². The number of rotatable bonds is 8. The molecule has 0 amide bonds. The van der Waals surface area contributed by atoms with Crippen molar-refractivity contribution in [3.05, 3.63) is 39.9 Å². The standard InChI is InChI=1S/C12H15Cl3NO6P/c1-3-20-23(19,21-4-2)22-11(12(13,14)15)9-7-5-6-8-10(9)16(17)18/h5-8,11H,3-4H2,1-2H3/t11-/m0/s1. The number of phosphoric acid groups is 1. The van der Waals surface area contributed by atoms with Crippen molar-refractivity contribution < 1.29 is 23.1 Å². The lowest BCUT2D eigenvalue weighted by atomic mass is 10.1. The summed E-state index contributed by atoms with van der Waals surface area (Å²) in [6, 6.07) is 5.50. The molecule has 1 aromatic carbocycles. The van der Waals surface area contributed by atoms with Crippen LogP contribution in [0.5, 0.6) is 0 Å². The SMILES string of the molecule is CCOP(=O)(OCC)O[C@@H](c1ccccc1[N+](=O)[O-])C(Cl)(Cl)Cl. The van der Waals surface area contributed by atoms with Crippen molar-refractivity contribution in [1.82, 2.24) is 0 Å². The van der Waals surface area contributed by atoms with Crippen LogP contribution in [0.4, 0.5) is 5.69 Å². The van der Waals surface area contributed by atoms with Gasteiger partial charge in [-0.1, -0.05) is 46.9 Å². The first-order valence-corrected chi connectivity index (χ1v) is 9.11. The minimum absolute atomic E-state index is 0.0146. The Hall–Kier alpha value is -0.400. The third-order valence-corrected chi connectivity index (χ3v) is 4.73. The van der Waals surface area contributed by atoms with E-state index in [-0.39, 0.29) is 24.5 Å². The van der Waals surface area contributed by atoms with Gasteiger partial charge in [-0.2, -0.15) is 0 Å². The molecule has 0 aliphatic heterocycles. The summed E-state index contributed by atoms with van der Waals surface area (Å²) in [6.45, 7) is 3.18. The van der Waals surface area contributed by atoms with Gasteiger partial charge in [0.05, 0.1) is 23.7 Å². The predicted octanol–water partition coefficient (Wildman–Crippen LogP) is 5.20. The van der Waals surface area contributed by atoms with Gasteiger partial charge in [0, 0.05) is 6.07 Å². The van der Waals surface area contributed by atoms with Crippen LogP contribution in [0, 0.1) is 10.1 Å². The van der Waals surface area contributed by atoms with Gasteiger partial charge < -0.3 is 0 Å². The zero-order chi connectivity index (χ0) is 17.7. The average Bonchev–Trinajstić information content (AvgIpc) is 2.44. The smallest absolute Gasteiger partial charge is 0.287 e. The van der Waals surface area contributed by atoms with E-state index >= 15 is 0 Å². The van der Waals surface area contributed by atoms with Gasteiger partial charge in [0.15, 0.2) is 0 Å². The number of nitro groups is 1. The monoisotopic (exact) mass is 405 g/mol. The van der Waals surface area contributed by atoms with Crippen molar-refractivity contribution in [3.63, 3.8) is 0 Å². The van der Waals surface area contributed by atoms with Crippen LogP contribution in [-0.2, 0) is 18.1 Å². The van der Waals surface area contributed by atoms with Crippen LogP contribution in [-0.4, -0.2) is 21.9 Å². The molecule has 0 fully saturated rings. The van der Waals surface area contributed by atoms with Crippen molar-refractivity contribution in [3.8, 4) is 0 Å². The van der Waals surface area contributed by atoms with Gasteiger partial charge in [0.25, 0.3) is 5.69 Å². The molecular weight excluding hydrogens is 391 g/mol. The van der Waals surface area contributed by atoms with E-state index < -0.39 is 22.6 Å². The zero-order valence-electron chi connectivity index (χ0n) is 12.3. The summed E-state index contributed by atoms with van der Waals surface area (Å²) in [5, 5.41) is 11.2. The Bertz CT molecular complexity index is 584. The molecule has 0 bridgehead atoms. The highest BCUT2D eigenvalue weighted by molar-refractivity contribution is 7.48. The normalized spacial score (nSPS) is 13.8. The van der Waals surface area contributed by atoms with Gasteiger partial charge in [-0.25, -0.2) is 4.57 Å². The summed E-state index contributed by atoms with van der Waals surface area (Å²) in [5.41, 5.74) is -0.402. The molecule has 0 N–H and O–H groups in total. The highest BCUT2D eigenvalue weighted by atomic mass is 35.6. The number of nitro benzene ring substituents is 1. The second-order valence-corrected chi connectivity index (χ2v) is 8.12. The van der Waals surface area contributed by atoms with Crippen LogP contribution in [0.1, 0.15) is 25.5 Å². The van der Waals surface area contributed by atoms with Gasteiger partial charge in [-0.3, -0.25) is 23.7 Å². The Morgan fingerprint density at radius 3 is 2.17 bits per heavy atom. The molecule has 0 unspecified atom stereocenters. The number of hydrogen-bond acceptors (Lipinski definition) is 6. The van der Waals surface area contributed by atoms with E-state index in [2.05, 4.69) is 0 Å². The predicted molar refractivity (Wildman–Crippen MR) is 88.1 cm³/mol. The molecule has 1 aromatic rings. The summed E-state index contributed by atoms with van der Waals surface area (Å²) >= 11 is 17.6. The Morgan fingerprint density at radius 1 is 1.22 bits per heavy atom. The van der Waals surface area contributed by atoms with E-state index in [1.54, 1.807) is 13.8 Å². The maximum atomic E-state index is 12.5. The fourth-order valence-electron chi connectivity index (χ4n) is 1.71. The fraction of sp³-hybridized carbons (Fsp3) is 0.500. The van der Waals surface area contributed by atoms with Crippen LogP contribution >= 0.6 is 42.6 Å². The minimum atomic E-state index is -4.06. The lowest BCUT2D eigenvalue weighted by Crippen LogP contribution is -2.21. The highest BCUT2D eigenvalue weighted by Gasteiger charge is 2.44. The molecule has 0 spiro atoms. The van der Waals surface area contributed by atoms with E-state index in [1.807, 2.05) is 0 Å². The Kier molecular flexibility index (Phi) is 7.74. The van der Waals surface area contributed by atoms with Crippen molar-refractivity contribution >= 4 is 48.3 Å². The van der Waals surface area contributed by atoms with Gasteiger partial charge >= 0.3 is 7.82 Å². The average molecular weight is 407 g/mol. The number of benzene rings is 1. The van der Waals surface area contributed by atoms with Crippen LogP contribution in [0.3, 0.4) is 0 Å². The molecule has 0 radical (unpaired) electrons. The van der Waals surface area contributed by atoms with Crippen molar-refractivity contribution in [2.24, 2.45) is 0 Å². The number of halogens is 3. The Morgan fingerprint density at radius 2 is 1.74 bits per heavy atom. The molecule has 0 aliphatic rings. The largest absolute Gasteiger partial charge is 0.475 e. The summed E-state index contributed by atoms with van der Waals surface area (Å²) in [6.07, 6.45) is -1.53. The first kappa shape index (κ1) is 20.6. The molecule has 0 aromatic heterocycles. The summed E-state index contributed by atoms with van der Waals surface area (Å²) in [4.78, 5) is 10.5. The number of alkyl halides is 3. The summed E-state index contributed by atoms with van der Waals surface area (Å²) in [7, 11) is -4.06. The van der Waals surface area contributed by atoms with E-state index in [1.165, 1.54) is 24.3 Å². The molecule has 23 heavy (non-hydrogen) atoms. The van der Waals surface area contributed by atoms with Gasteiger partial charge in [-0.15, -0.1) is 0 Å². The fourth-order valence-corrected chi connectivity index (χ4v) is 3.74.